The van der Waals surface area contributed by atoms with Gasteiger partial charge < -0.3 is 0 Å². The molecule has 2 heterocycles. The van der Waals surface area contributed by atoms with E-state index in [1.807, 2.05) is 11.3 Å². The largest absolute Gasteiger partial charge is 0.235 e. The summed E-state index contributed by atoms with van der Waals surface area (Å²) < 4.78 is 2.47. The normalized spacial score (nSPS) is 13.2. The number of nitrogens with zero attached hydrogens (tertiary/aromatic N) is 2. The van der Waals surface area contributed by atoms with Crippen molar-refractivity contribution in [1.29, 1.82) is 0 Å². The predicted molar refractivity (Wildman–Crippen MR) is 163 cm³/mol. The third kappa shape index (κ3) is 4.73. The van der Waals surface area contributed by atoms with Crippen molar-refractivity contribution in [1.82, 2.24) is 9.97 Å². The van der Waals surface area contributed by atoms with E-state index in [-0.39, 0.29) is 10.8 Å². The van der Waals surface area contributed by atoms with E-state index >= 15 is 0 Å². The van der Waals surface area contributed by atoms with Crippen LogP contribution in [0, 0.1) is 5.41 Å². The molecule has 2 aromatic heterocycles. The second-order valence-corrected chi connectivity index (χ2v) is 19.7. The first-order valence-electron chi connectivity index (χ1n) is 13.0. The van der Waals surface area contributed by atoms with Crippen LogP contribution in [-0.2, 0) is 11.8 Å². The van der Waals surface area contributed by atoms with E-state index in [4.69, 9.17) is 9.97 Å². The van der Waals surface area contributed by atoms with Crippen molar-refractivity contribution in [2.75, 3.05) is 0 Å². The highest BCUT2D eigenvalue weighted by atomic mass is 32.1. The summed E-state index contributed by atoms with van der Waals surface area (Å²) >= 11 is 1.82. The number of benzene rings is 3. The van der Waals surface area contributed by atoms with Crippen LogP contribution in [0.4, 0.5) is 0 Å². The highest BCUT2D eigenvalue weighted by Crippen LogP contribution is 2.40. The molecule has 0 aliphatic heterocycles. The summed E-state index contributed by atoms with van der Waals surface area (Å²) in [5.74, 6) is 0. The van der Waals surface area contributed by atoms with E-state index in [2.05, 4.69) is 110 Å². The standard InChI is InChI=1S/C32H38N2SSi/c1-31(2,3)18-22-15-21(14-20-10-12-24(17-26(20)22)36(7,8)9)28-30-29(34-19-33-28)25-13-11-23(32(4,5)6)16-27(25)35-30/h10-17,19H,18H2,1-9H3. The Kier molecular flexibility index (Phi) is 5.92. The number of thiophene rings is 1. The van der Waals surface area contributed by atoms with Gasteiger partial charge in [0, 0.05) is 15.6 Å². The van der Waals surface area contributed by atoms with Gasteiger partial charge in [0.05, 0.1) is 24.0 Å². The molecule has 186 valence electrons. The van der Waals surface area contributed by atoms with Gasteiger partial charge in [0.15, 0.2) is 0 Å². The van der Waals surface area contributed by atoms with E-state index < -0.39 is 8.07 Å². The van der Waals surface area contributed by atoms with Crippen molar-refractivity contribution in [2.24, 2.45) is 5.41 Å². The summed E-state index contributed by atoms with van der Waals surface area (Å²) in [4.78, 5) is 9.59. The Balaban J connectivity index is 1.75. The van der Waals surface area contributed by atoms with Crippen LogP contribution >= 0.6 is 11.3 Å². The quantitative estimate of drug-likeness (QED) is 0.226. The Bertz CT molecular complexity index is 1610. The topological polar surface area (TPSA) is 25.8 Å². The van der Waals surface area contributed by atoms with E-state index in [0.29, 0.717) is 0 Å². The maximum Gasteiger partial charge on any atom is 0.116 e. The van der Waals surface area contributed by atoms with Crippen LogP contribution in [0.3, 0.4) is 0 Å². The lowest BCUT2D eigenvalue weighted by Crippen LogP contribution is -2.37. The molecular formula is C32H38N2SSi. The lowest BCUT2D eigenvalue weighted by atomic mass is 9.85. The van der Waals surface area contributed by atoms with Crippen molar-refractivity contribution in [2.45, 2.75) is 73.0 Å². The van der Waals surface area contributed by atoms with Gasteiger partial charge in [0.25, 0.3) is 0 Å². The van der Waals surface area contributed by atoms with Crippen molar-refractivity contribution in [3.05, 3.63) is 66.0 Å². The van der Waals surface area contributed by atoms with Crippen LogP contribution in [-0.4, -0.2) is 18.0 Å². The first kappa shape index (κ1) is 25.1. The minimum atomic E-state index is -1.40. The number of hydrogen-bond acceptors (Lipinski definition) is 3. The number of fused-ring (bicyclic) bond motifs is 4. The summed E-state index contributed by atoms with van der Waals surface area (Å²) in [7, 11) is -1.40. The molecule has 36 heavy (non-hydrogen) atoms. The van der Waals surface area contributed by atoms with Gasteiger partial charge in [0.2, 0.25) is 0 Å². The van der Waals surface area contributed by atoms with Crippen LogP contribution < -0.4 is 5.19 Å². The Morgan fingerprint density at radius 2 is 1.56 bits per heavy atom. The summed E-state index contributed by atoms with van der Waals surface area (Å²) in [6, 6.07) is 18.7. The van der Waals surface area contributed by atoms with Gasteiger partial charge in [-0.15, -0.1) is 11.3 Å². The van der Waals surface area contributed by atoms with Crippen molar-refractivity contribution in [3.8, 4) is 11.3 Å². The van der Waals surface area contributed by atoms with Gasteiger partial charge in [-0.3, -0.25) is 0 Å². The van der Waals surface area contributed by atoms with Crippen molar-refractivity contribution in [3.63, 3.8) is 0 Å². The van der Waals surface area contributed by atoms with Gasteiger partial charge in [-0.1, -0.05) is 96.7 Å². The average molecular weight is 511 g/mol. The minimum Gasteiger partial charge on any atom is -0.235 e. The molecule has 0 N–H and O–H groups in total. The summed E-state index contributed by atoms with van der Waals surface area (Å²) in [5.41, 5.74) is 6.39. The Hall–Kier alpha value is -2.56. The smallest absolute Gasteiger partial charge is 0.116 e. The van der Waals surface area contributed by atoms with E-state index in [9.17, 15) is 0 Å². The van der Waals surface area contributed by atoms with Crippen molar-refractivity contribution < 1.29 is 0 Å². The number of hydrogen-bond donors (Lipinski definition) is 0. The summed E-state index contributed by atoms with van der Waals surface area (Å²) in [5, 5.41) is 5.44. The monoisotopic (exact) mass is 510 g/mol. The molecule has 0 amide bonds. The van der Waals surface area contributed by atoms with E-state index in [1.165, 1.54) is 47.4 Å². The molecule has 0 unspecified atom stereocenters. The molecule has 0 saturated carbocycles. The second kappa shape index (κ2) is 8.49. The third-order valence-electron chi connectivity index (χ3n) is 7.02. The molecule has 0 saturated heterocycles. The van der Waals surface area contributed by atoms with Crippen LogP contribution in [0.1, 0.15) is 52.7 Å². The van der Waals surface area contributed by atoms with Crippen LogP contribution in [0.5, 0.6) is 0 Å². The predicted octanol–water partition coefficient (Wildman–Crippen LogP) is 9.10. The molecule has 2 nitrogen and oxygen atoms in total. The molecule has 3 aromatic carbocycles. The van der Waals surface area contributed by atoms with Gasteiger partial charge in [-0.25, -0.2) is 9.97 Å². The molecule has 0 aliphatic carbocycles. The maximum atomic E-state index is 4.85. The van der Waals surface area contributed by atoms with Gasteiger partial charge in [0.1, 0.15) is 6.33 Å². The molecule has 0 aliphatic rings. The summed E-state index contributed by atoms with van der Waals surface area (Å²) in [6.45, 7) is 21.1. The Labute approximate surface area is 220 Å². The number of rotatable bonds is 3. The fourth-order valence-electron chi connectivity index (χ4n) is 5.00. The van der Waals surface area contributed by atoms with Gasteiger partial charge >= 0.3 is 0 Å². The average Bonchev–Trinajstić information content (AvgIpc) is 3.14. The zero-order chi connectivity index (χ0) is 26.0. The maximum absolute atomic E-state index is 4.85. The van der Waals surface area contributed by atoms with E-state index in [1.54, 1.807) is 6.33 Å². The molecule has 0 atom stereocenters. The van der Waals surface area contributed by atoms with Crippen molar-refractivity contribution >= 4 is 55.7 Å². The highest BCUT2D eigenvalue weighted by molar-refractivity contribution is 7.26. The van der Waals surface area contributed by atoms with Gasteiger partial charge in [-0.2, -0.15) is 0 Å². The first-order valence-corrected chi connectivity index (χ1v) is 17.3. The molecule has 4 heteroatoms. The zero-order valence-electron chi connectivity index (χ0n) is 23.2. The SMILES string of the molecule is CC(C)(C)Cc1cc(-c2ncnc3c2sc2cc(C(C)(C)C)ccc23)cc2ccc([Si](C)(C)C)cc12. The number of aromatic nitrogens is 2. The molecule has 0 spiro atoms. The molecule has 0 radical (unpaired) electrons. The minimum absolute atomic E-state index is 0.119. The lowest BCUT2D eigenvalue weighted by Gasteiger charge is -2.22. The molecule has 0 bridgehead atoms. The fourth-order valence-corrected chi connectivity index (χ4v) is 7.37. The Morgan fingerprint density at radius 3 is 2.22 bits per heavy atom. The van der Waals surface area contributed by atoms with E-state index in [0.717, 1.165) is 17.6 Å². The van der Waals surface area contributed by atoms with Crippen LogP contribution in [0.15, 0.2) is 54.9 Å². The molecule has 5 rings (SSSR count). The Morgan fingerprint density at radius 1 is 0.806 bits per heavy atom. The van der Waals surface area contributed by atoms with Gasteiger partial charge in [-0.05, 0) is 57.3 Å². The first-order chi connectivity index (χ1) is 16.7. The molecule has 0 fully saturated rings. The fraction of sp³-hybridized carbons (Fsp3) is 0.375. The van der Waals surface area contributed by atoms with Crippen LogP contribution in [0.2, 0.25) is 19.6 Å². The molecule has 5 aromatic rings. The third-order valence-corrected chi connectivity index (χ3v) is 10.2. The highest BCUT2D eigenvalue weighted by Gasteiger charge is 2.21. The van der Waals surface area contributed by atoms with Crippen LogP contribution in [0.25, 0.3) is 42.3 Å². The molecular weight excluding hydrogens is 473 g/mol. The summed E-state index contributed by atoms with van der Waals surface area (Å²) in [6.07, 6.45) is 2.77. The second-order valence-electron chi connectivity index (χ2n) is 13.5. The zero-order valence-corrected chi connectivity index (χ0v) is 25.0. The lowest BCUT2D eigenvalue weighted by molar-refractivity contribution is 0.412.